The molecule has 0 aliphatic heterocycles. The monoisotopic (exact) mass is 296 g/mol. The fourth-order valence-corrected chi connectivity index (χ4v) is 1.89. The summed E-state index contributed by atoms with van der Waals surface area (Å²) in [7, 11) is -5.54. The van der Waals surface area contributed by atoms with E-state index in [0.29, 0.717) is 12.8 Å². The van der Waals surface area contributed by atoms with Gasteiger partial charge in [0.15, 0.2) is 6.61 Å². The molecule has 18 heavy (non-hydrogen) atoms. The molecule has 0 bridgehead atoms. The fourth-order valence-electron chi connectivity index (χ4n) is 1.69. The van der Waals surface area contributed by atoms with Gasteiger partial charge in [0, 0.05) is 0 Å². The van der Waals surface area contributed by atoms with Crippen molar-refractivity contribution in [2.45, 2.75) is 37.4 Å². The number of carbonyl (C=O) groups is 1. The van der Waals surface area contributed by atoms with Crippen LogP contribution in [0.4, 0.5) is 8.78 Å². The molecule has 0 aromatic heterocycles. The van der Waals surface area contributed by atoms with Gasteiger partial charge in [0.2, 0.25) is 0 Å². The van der Waals surface area contributed by atoms with Crippen molar-refractivity contribution in [3.8, 4) is 0 Å². The van der Waals surface area contributed by atoms with Crippen LogP contribution in [0.15, 0.2) is 0 Å². The van der Waals surface area contributed by atoms with Crippen molar-refractivity contribution in [3.63, 3.8) is 0 Å². The van der Waals surface area contributed by atoms with E-state index in [1.807, 2.05) is 0 Å². The SMILES string of the molecule is O=C(OCC(F)(F)S(=O)(=O)O)C1CCCCC1.[H-].[Na+]. The standard InChI is InChI=1S/C9H14F2O5S.Na.H/c10-9(11,17(13,14)15)6-16-8(12)7-4-2-1-3-5-7;;/h7H,1-6H2,(H,13,14,15);;/q;+1;-1. The van der Waals surface area contributed by atoms with Crippen LogP contribution in [0, 0.1) is 5.92 Å². The second-order valence-electron chi connectivity index (χ2n) is 4.06. The van der Waals surface area contributed by atoms with Crippen molar-refractivity contribution in [3.05, 3.63) is 0 Å². The summed E-state index contributed by atoms with van der Waals surface area (Å²) in [5, 5.41) is -4.45. The van der Waals surface area contributed by atoms with E-state index in [4.69, 9.17) is 4.55 Å². The Morgan fingerprint density at radius 1 is 1.33 bits per heavy atom. The van der Waals surface area contributed by atoms with Crippen LogP contribution in [0.3, 0.4) is 0 Å². The molecule has 0 spiro atoms. The van der Waals surface area contributed by atoms with Gasteiger partial charge in [0.05, 0.1) is 5.92 Å². The minimum absolute atomic E-state index is 0. The summed E-state index contributed by atoms with van der Waals surface area (Å²) in [4.78, 5) is 11.3. The van der Waals surface area contributed by atoms with E-state index in [2.05, 4.69) is 4.74 Å². The maximum Gasteiger partial charge on any atom is 1.00 e. The Morgan fingerprint density at radius 2 is 1.83 bits per heavy atom. The number of ether oxygens (including phenoxy) is 1. The minimum atomic E-state index is -5.54. The van der Waals surface area contributed by atoms with Gasteiger partial charge >= 0.3 is 50.9 Å². The van der Waals surface area contributed by atoms with Crippen LogP contribution in [-0.2, 0) is 19.6 Å². The van der Waals surface area contributed by atoms with Gasteiger partial charge < -0.3 is 6.16 Å². The maximum absolute atomic E-state index is 12.7. The van der Waals surface area contributed by atoms with E-state index in [0.717, 1.165) is 19.3 Å². The molecule has 0 saturated heterocycles. The number of halogens is 2. The smallest absolute Gasteiger partial charge is 1.00 e. The zero-order chi connectivity index (χ0) is 13.1. The second kappa shape index (κ2) is 7.14. The third kappa shape index (κ3) is 5.08. The van der Waals surface area contributed by atoms with Crippen LogP contribution in [0.2, 0.25) is 0 Å². The summed E-state index contributed by atoms with van der Waals surface area (Å²) in [5.74, 6) is -1.27. The van der Waals surface area contributed by atoms with Gasteiger partial charge in [0.1, 0.15) is 0 Å². The van der Waals surface area contributed by atoms with Crippen LogP contribution >= 0.6 is 0 Å². The summed E-state index contributed by atoms with van der Waals surface area (Å²) in [6.07, 6.45) is 3.78. The molecule has 0 amide bonds. The van der Waals surface area contributed by atoms with Gasteiger partial charge in [-0.3, -0.25) is 9.35 Å². The van der Waals surface area contributed by atoms with Gasteiger partial charge in [-0.25, -0.2) is 0 Å². The summed E-state index contributed by atoms with van der Waals surface area (Å²) in [6, 6.07) is 0. The molecule has 0 radical (unpaired) electrons. The molecule has 9 heteroatoms. The zero-order valence-corrected chi connectivity index (χ0v) is 12.9. The molecule has 102 valence electrons. The first-order chi connectivity index (χ1) is 7.74. The molecule has 1 fully saturated rings. The molecule has 1 aliphatic carbocycles. The second-order valence-corrected chi connectivity index (χ2v) is 5.60. The number of rotatable bonds is 4. The molecule has 0 aromatic rings. The van der Waals surface area contributed by atoms with E-state index in [1.54, 1.807) is 0 Å². The zero-order valence-electron chi connectivity index (χ0n) is 11.1. The van der Waals surface area contributed by atoms with E-state index >= 15 is 0 Å². The van der Waals surface area contributed by atoms with Crippen molar-refractivity contribution in [2.24, 2.45) is 5.92 Å². The Labute approximate surface area is 128 Å². The van der Waals surface area contributed by atoms with Crippen molar-refractivity contribution in [1.29, 1.82) is 0 Å². The third-order valence-electron chi connectivity index (χ3n) is 2.70. The van der Waals surface area contributed by atoms with E-state index in [9.17, 15) is 22.0 Å². The average molecular weight is 296 g/mol. The van der Waals surface area contributed by atoms with Crippen LogP contribution in [0.25, 0.3) is 0 Å². The Bertz CT molecular complexity index is 384. The van der Waals surface area contributed by atoms with Gasteiger partial charge in [-0.15, -0.1) is 0 Å². The van der Waals surface area contributed by atoms with E-state index in [-0.39, 0.29) is 31.0 Å². The molecule has 0 heterocycles. The first kappa shape index (κ1) is 18.2. The molecule has 1 rings (SSSR count). The Balaban J connectivity index is 0. The Hall–Kier alpha value is 0.240. The molecule has 1 saturated carbocycles. The van der Waals surface area contributed by atoms with E-state index < -0.39 is 33.9 Å². The van der Waals surface area contributed by atoms with Gasteiger partial charge in [-0.2, -0.15) is 17.2 Å². The normalized spacial score (nSPS) is 17.9. The molecule has 0 aromatic carbocycles. The summed E-state index contributed by atoms with van der Waals surface area (Å²) >= 11 is 0. The number of carbonyl (C=O) groups excluding carboxylic acids is 1. The topological polar surface area (TPSA) is 80.7 Å². The molecule has 5 nitrogen and oxygen atoms in total. The van der Waals surface area contributed by atoms with Gasteiger partial charge in [-0.1, -0.05) is 19.3 Å². The van der Waals surface area contributed by atoms with Crippen LogP contribution < -0.4 is 29.6 Å². The summed E-state index contributed by atoms with van der Waals surface area (Å²) in [6.45, 7) is -1.64. The number of hydrogen-bond acceptors (Lipinski definition) is 4. The average Bonchev–Trinajstić information content (AvgIpc) is 2.25. The van der Waals surface area contributed by atoms with Crippen molar-refractivity contribution in [1.82, 2.24) is 0 Å². The van der Waals surface area contributed by atoms with E-state index in [1.165, 1.54) is 0 Å². The quantitative estimate of drug-likeness (QED) is 0.396. The fraction of sp³-hybridized carbons (Fsp3) is 0.889. The number of esters is 1. The van der Waals surface area contributed by atoms with Gasteiger partial charge in [0.25, 0.3) is 0 Å². The molecule has 1 N–H and O–H groups in total. The predicted molar refractivity (Wildman–Crippen MR) is 55.1 cm³/mol. The Morgan fingerprint density at radius 3 is 2.28 bits per heavy atom. The van der Waals surface area contributed by atoms with Crippen molar-refractivity contribution >= 4 is 16.1 Å². The summed E-state index contributed by atoms with van der Waals surface area (Å²) < 4.78 is 58.4. The van der Waals surface area contributed by atoms with Crippen molar-refractivity contribution in [2.75, 3.05) is 6.61 Å². The minimum Gasteiger partial charge on any atom is -1.00 e. The van der Waals surface area contributed by atoms with Gasteiger partial charge in [-0.05, 0) is 12.8 Å². The maximum atomic E-state index is 12.7. The molecular formula is C9H15F2NaO5S. The predicted octanol–water partition coefficient (Wildman–Crippen LogP) is -1.29. The molecule has 0 unspecified atom stereocenters. The van der Waals surface area contributed by atoms with Crippen LogP contribution in [0.5, 0.6) is 0 Å². The summed E-state index contributed by atoms with van der Waals surface area (Å²) in [5.41, 5.74) is 0. The largest absolute Gasteiger partial charge is 1.00 e. The molecule has 0 atom stereocenters. The Kier molecular flexibility index (Phi) is 7.23. The van der Waals surface area contributed by atoms with Crippen molar-refractivity contribution < 1.29 is 62.3 Å². The van der Waals surface area contributed by atoms with Crippen LogP contribution in [-0.4, -0.2) is 30.8 Å². The number of hydrogen-bond donors (Lipinski definition) is 1. The first-order valence-electron chi connectivity index (χ1n) is 5.25. The first-order valence-corrected chi connectivity index (χ1v) is 6.69. The molecular weight excluding hydrogens is 281 g/mol. The van der Waals surface area contributed by atoms with Crippen LogP contribution in [0.1, 0.15) is 33.5 Å². The number of alkyl halides is 2. The third-order valence-corrected chi connectivity index (χ3v) is 3.57. The molecule has 1 aliphatic rings.